The number of hydrogen-bond acceptors (Lipinski definition) is 1. The fraction of sp³-hybridized carbons (Fsp3) is 0. The molecular weight excluding hydrogens is 898 g/mol. The van der Waals surface area contributed by atoms with Gasteiger partial charge in [0.1, 0.15) is 0 Å². The van der Waals surface area contributed by atoms with Gasteiger partial charge in [0.2, 0.25) is 0 Å². The third-order valence-electron chi connectivity index (χ3n) is 6.96. The van der Waals surface area contributed by atoms with Crippen molar-refractivity contribution in [3.8, 4) is 0 Å². The predicted octanol–water partition coefficient (Wildman–Crippen LogP) is 2.69. The van der Waals surface area contributed by atoms with Crippen LogP contribution in [-0.2, 0) is 0.889 Å². The van der Waals surface area contributed by atoms with Gasteiger partial charge in [0.25, 0.3) is 0 Å². The summed E-state index contributed by atoms with van der Waals surface area (Å²) in [4.78, 5) is 0. The van der Waals surface area contributed by atoms with Crippen molar-refractivity contribution in [2.45, 2.75) is 0 Å². The molecule has 0 saturated carbocycles. The summed E-state index contributed by atoms with van der Waals surface area (Å²) >= 11 is -8.42. The summed E-state index contributed by atoms with van der Waals surface area (Å²) < 4.78 is 16.4. The molecule has 3 nitrogen and oxygen atoms in total. The van der Waals surface area contributed by atoms with E-state index in [2.05, 4.69) is 182 Å². The fourth-order valence-electron chi connectivity index (χ4n) is 5.19. The molecule has 0 aliphatic carbocycles. The Bertz CT molecular complexity index is 1280. The Hall–Kier alpha value is -3.03. The van der Waals surface area contributed by atoms with E-state index in [1.165, 1.54) is 19.6 Å². The van der Waals surface area contributed by atoms with E-state index < -0.39 is 41.4 Å². The van der Waals surface area contributed by atoms with Gasteiger partial charge in [0.05, 0.1) is 0 Å². The van der Waals surface area contributed by atoms with Crippen LogP contribution < -0.4 is 19.6 Å². The third-order valence-corrected chi connectivity index (χ3v) is 49.5. The minimum atomic E-state index is -4.21. The van der Waals surface area contributed by atoms with E-state index in [0.29, 0.717) is 0 Å². The zero-order valence-corrected chi connectivity index (χ0v) is 29.6. The second-order valence-corrected chi connectivity index (χ2v) is 37.0. The van der Waals surface area contributed by atoms with Crippen LogP contribution in [0.2, 0.25) is 0 Å². The zero-order chi connectivity index (χ0) is 26.4. The van der Waals surface area contributed by atoms with Crippen LogP contribution in [0.1, 0.15) is 0 Å². The summed E-state index contributed by atoms with van der Waals surface area (Å²) in [5.74, 6) is 0. The molecule has 4 N–H and O–H groups in total. The molecule has 0 atom stereocenters. The molecule has 0 amide bonds. The average Bonchev–Trinajstić information content (AvgIpc) is 3.04. The summed E-state index contributed by atoms with van der Waals surface area (Å²) in [5, 5.41) is 0. The van der Waals surface area contributed by atoms with Crippen LogP contribution in [-0.4, -0.2) is 52.4 Å². The maximum absolute atomic E-state index is 8.37. The Morgan fingerprint density at radius 1 is 0.244 bits per heavy atom. The second-order valence-electron chi connectivity index (χ2n) is 9.31. The van der Waals surface area contributed by atoms with Crippen molar-refractivity contribution in [1.82, 2.24) is 0 Å². The summed E-state index contributed by atoms with van der Waals surface area (Å²) in [6.45, 7) is 0. The first kappa shape index (κ1) is 30.9. The quantitative estimate of drug-likeness (QED) is 0.217. The molecule has 0 heterocycles. The average molecular weight is 933 g/mol. The Labute approximate surface area is 252 Å². The van der Waals surface area contributed by atoms with Crippen molar-refractivity contribution in [2.24, 2.45) is 0 Å². The summed E-state index contributed by atoms with van der Waals surface area (Å²) in [6, 6.07) is 66.3. The summed E-state index contributed by atoms with van der Waals surface area (Å²) in [5.41, 5.74) is 0. The van der Waals surface area contributed by atoms with Crippen molar-refractivity contribution >= 4 is 61.0 Å². The molecule has 6 aromatic rings. The van der Waals surface area contributed by atoms with E-state index in [1.807, 2.05) is 0 Å². The molecular formula is C36H34Bi2O3. The van der Waals surface area contributed by atoms with Crippen LogP contribution in [0.5, 0.6) is 0 Å². The standard InChI is InChI=1S/6C6H5.2Bi.2H2O.O/c6*1-2-4-6-5-3-1;;;;;/h6*1-5H;;;2*1H2;. The molecule has 2 radical (unpaired) electrons. The van der Waals surface area contributed by atoms with Gasteiger partial charge >= 0.3 is 244 Å². The van der Waals surface area contributed by atoms with Gasteiger partial charge in [0.15, 0.2) is 0 Å². The molecule has 206 valence electrons. The number of benzene rings is 6. The third kappa shape index (κ3) is 5.98. The molecule has 5 heteroatoms. The molecule has 0 bridgehead atoms. The molecule has 6 rings (SSSR count). The van der Waals surface area contributed by atoms with Gasteiger partial charge in [-0.1, -0.05) is 0 Å². The first-order valence-electron chi connectivity index (χ1n) is 13.2. The Kier molecular flexibility index (Phi) is 10.7. The van der Waals surface area contributed by atoms with Gasteiger partial charge in [-0.2, -0.15) is 0 Å². The zero-order valence-electron chi connectivity index (χ0n) is 22.6. The van der Waals surface area contributed by atoms with Gasteiger partial charge in [-0.05, 0) is 0 Å². The molecule has 0 unspecified atom stereocenters. The SMILES string of the molecule is O.O.c1cc[c]([Bi]([O][Bi]([c]2ccccc2)([c]2ccccc2)[c]2ccccc2)([c]2ccccc2)[c]2ccccc2)cc1. The number of rotatable bonds is 8. The molecule has 6 aromatic carbocycles. The van der Waals surface area contributed by atoms with E-state index in [9.17, 15) is 0 Å². The summed E-state index contributed by atoms with van der Waals surface area (Å²) in [7, 11) is 0. The van der Waals surface area contributed by atoms with Gasteiger partial charge < -0.3 is 11.0 Å². The fourth-order valence-corrected chi connectivity index (χ4v) is 61.4. The van der Waals surface area contributed by atoms with Gasteiger partial charge in [0, 0.05) is 0 Å². The first-order chi connectivity index (χ1) is 19.3. The Morgan fingerprint density at radius 2 is 0.390 bits per heavy atom. The molecule has 0 aliphatic heterocycles. The molecule has 0 fully saturated rings. The van der Waals surface area contributed by atoms with E-state index >= 15 is 0 Å². The van der Waals surface area contributed by atoms with E-state index in [4.69, 9.17) is 0.889 Å². The number of hydrogen-bond donors (Lipinski definition) is 0. The van der Waals surface area contributed by atoms with Gasteiger partial charge in [-0.15, -0.1) is 0 Å². The Morgan fingerprint density at radius 3 is 0.537 bits per heavy atom. The topological polar surface area (TPSA) is 72.2 Å². The van der Waals surface area contributed by atoms with Crippen molar-refractivity contribution in [1.29, 1.82) is 0 Å². The van der Waals surface area contributed by atoms with Crippen LogP contribution >= 0.6 is 0 Å². The van der Waals surface area contributed by atoms with Crippen LogP contribution in [0.3, 0.4) is 0 Å². The molecule has 0 saturated heterocycles. The Balaban J connectivity index is 0.00000194. The van der Waals surface area contributed by atoms with Crippen LogP contribution in [0.4, 0.5) is 0 Å². The van der Waals surface area contributed by atoms with Crippen molar-refractivity contribution in [3.63, 3.8) is 0 Å². The van der Waals surface area contributed by atoms with Crippen LogP contribution in [0.25, 0.3) is 0 Å². The van der Waals surface area contributed by atoms with Gasteiger partial charge in [-0.3, -0.25) is 0 Å². The second kappa shape index (κ2) is 14.2. The maximum atomic E-state index is 8.37. The molecule has 0 aliphatic rings. The van der Waals surface area contributed by atoms with Crippen molar-refractivity contribution < 1.29 is 11.8 Å². The van der Waals surface area contributed by atoms with E-state index in [-0.39, 0.29) is 11.0 Å². The molecule has 41 heavy (non-hydrogen) atoms. The first-order valence-corrected chi connectivity index (χ1v) is 26.4. The van der Waals surface area contributed by atoms with Crippen molar-refractivity contribution in [2.75, 3.05) is 0 Å². The van der Waals surface area contributed by atoms with Gasteiger partial charge in [-0.25, -0.2) is 0 Å². The van der Waals surface area contributed by atoms with E-state index in [1.54, 1.807) is 0 Å². The molecule has 0 spiro atoms. The summed E-state index contributed by atoms with van der Waals surface area (Å²) in [6.07, 6.45) is 0. The van der Waals surface area contributed by atoms with Crippen LogP contribution in [0.15, 0.2) is 182 Å². The predicted molar refractivity (Wildman–Crippen MR) is 176 cm³/mol. The minimum absolute atomic E-state index is 0. The van der Waals surface area contributed by atoms with E-state index in [0.717, 1.165) is 0 Å². The van der Waals surface area contributed by atoms with Crippen LogP contribution in [0, 0.1) is 0 Å². The molecule has 0 aromatic heterocycles. The van der Waals surface area contributed by atoms with Crippen molar-refractivity contribution in [3.05, 3.63) is 182 Å². The normalized spacial score (nSPS) is 11.1. The monoisotopic (exact) mass is 932 g/mol.